The smallest absolute Gasteiger partial charge is 0.411 e. The molecule has 0 unspecified atom stereocenters. The van der Waals surface area contributed by atoms with Crippen molar-refractivity contribution >= 4 is 5.69 Å². The largest absolute Gasteiger partial charge is 0.465 e. The third-order valence-corrected chi connectivity index (χ3v) is 2.94. The normalized spacial score (nSPS) is 16.1. The summed E-state index contributed by atoms with van der Waals surface area (Å²) in [6, 6.07) is 3.90. The van der Waals surface area contributed by atoms with Crippen molar-refractivity contribution in [3.8, 4) is 5.75 Å². The van der Waals surface area contributed by atoms with Gasteiger partial charge in [0.15, 0.2) is 6.79 Å². The average Bonchev–Trinajstić information content (AvgIpc) is 2.45. The van der Waals surface area contributed by atoms with E-state index < -0.39 is 25.4 Å². The van der Waals surface area contributed by atoms with Gasteiger partial charge >= 0.3 is 6.18 Å². The number of anilines is 1. The first kappa shape index (κ1) is 15.8. The molecule has 0 aromatic heterocycles. The molecule has 0 bridgehead atoms. The quantitative estimate of drug-likeness (QED) is 0.513. The Morgan fingerprint density at radius 2 is 1.90 bits per heavy atom. The lowest BCUT2D eigenvalue weighted by atomic mass is 10.2. The molecular weight excluding hydrogens is 292 g/mol. The van der Waals surface area contributed by atoms with E-state index in [-0.39, 0.29) is 0 Å². The molecule has 8 heteroatoms. The molecule has 0 atom stereocenters. The molecule has 1 saturated heterocycles. The summed E-state index contributed by atoms with van der Waals surface area (Å²) in [6.45, 7) is 0.925. The van der Waals surface area contributed by atoms with Gasteiger partial charge in [-0.05, 0) is 12.1 Å². The van der Waals surface area contributed by atoms with Crippen molar-refractivity contribution in [1.29, 1.82) is 0 Å². The number of benzene rings is 1. The minimum atomic E-state index is -4.40. The molecule has 1 heterocycles. The van der Waals surface area contributed by atoms with Gasteiger partial charge in [0.1, 0.15) is 18.2 Å². The van der Waals surface area contributed by atoms with E-state index in [9.17, 15) is 17.6 Å². The molecule has 2 rings (SSSR count). The Hall–Kier alpha value is -1.54. The zero-order valence-corrected chi connectivity index (χ0v) is 11.3. The molecule has 1 aliphatic rings. The Labute approximate surface area is 119 Å². The predicted octanol–water partition coefficient (Wildman–Crippen LogP) is 2.15. The highest BCUT2D eigenvalue weighted by Crippen LogP contribution is 2.29. The Balaban J connectivity index is 1.98. The second-order valence-electron chi connectivity index (χ2n) is 4.57. The maximum atomic E-state index is 13.4. The zero-order chi connectivity index (χ0) is 15.3. The maximum absolute atomic E-state index is 13.4. The fraction of sp³-hybridized carbons (Fsp3) is 0.538. The molecule has 21 heavy (non-hydrogen) atoms. The van der Waals surface area contributed by atoms with Gasteiger partial charge in [-0.15, -0.1) is 0 Å². The van der Waals surface area contributed by atoms with E-state index in [0.717, 1.165) is 13.1 Å². The molecule has 4 nitrogen and oxygen atoms in total. The highest BCUT2D eigenvalue weighted by atomic mass is 19.4. The Kier molecular flexibility index (Phi) is 5.24. The van der Waals surface area contributed by atoms with Crippen LogP contribution in [0.5, 0.6) is 5.75 Å². The van der Waals surface area contributed by atoms with Gasteiger partial charge in [0.05, 0.1) is 5.69 Å². The molecule has 1 N–H and O–H groups in total. The van der Waals surface area contributed by atoms with Crippen molar-refractivity contribution in [2.24, 2.45) is 0 Å². The van der Waals surface area contributed by atoms with Gasteiger partial charge in [0.2, 0.25) is 0 Å². The van der Waals surface area contributed by atoms with Crippen LogP contribution in [0.2, 0.25) is 0 Å². The molecule has 0 radical (unpaired) electrons. The van der Waals surface area contributed by atoms with Crippen LogP contribution in [0.15, 0.2) is 18.2 Å². The minimum Gasteiger partial charge on any atom is -0.465 e. The third-order valence-electron chi connectivity index (χ3n) is 2.94. The molecule has 0 amide bonds. The topological polar surface area (TPSA) is 33.7 Å². The molecule has 1 fully saturated rings. The van der Waals surface area contributed by atoms with Gasteiger partial charge in [-0.1, -0.05) is 0 Å². The van der Waals surface area contributed by atoms with E-state index in [4.69, 9.17) is 4.74 Å². The number of ether oxygens (including phenoxy) is 2. The first-order valence-electron chi connectivity index (χ1n) is 6.48. The fourth-order valence-corrected chi connectivity index (χ4v) is 2.03. The molecular formula is C13H16F4N2O2. The summed E-state index contributed by atoms with van der Waals surface area (Å²) in [5.74, 6) is -0.118. The van der Waals surface area contributed by atoms with Crippen molar-refractivity contribution in [2.75, 3.05) is 44.5 Å². The van der Waals surface area contributed by atoms with Crippen molar-refractivity contribution in [3.05, 3.63) is 24.0 Å². The van der Waals surface area contributed by atoms with E-state index >= 15 is 0 Å². The van der Waals surface area contributed by atoms with Crippen molar-refractivity contribution in [3.63, 3.8) is 0 Å². The van der Waals surface area contributed by atoms with Crippen LogP contribution in [0.3, 0.4) is 0 Å². The monoisotopic (exact) mass is 308 g/mol. The van der Waals surface area contributed by atoms with E-state index in [1.807, 2.05) is 4.90 Å². The molecule has 0 spiro atoms. The van der Waals surface area contributed by atoms with E-state index in [1.54, 1.807) is 0 Å². The summed E-state index contributed by atoms with van der Waals surface area (Å²) in [6.07, 6.45) is -4.40. The van der Waals surface area contributed by atoms with Gasteiger partial charge in [-0.2, -0.15) is 13.2 Å². The number of alkyl halides is 3. The molecule has 118 valence electrons. The van der Waals surface area contributed by atoms with Crippen molar-refractivity contribution in [1.82, 2.24) is 5.32 Å². The van der Waals surface area contributed by atoms with E-state index in [0.29, 0.717) is 24.5 Å². The van der Waals surface area contributed by atoms with Gasteiger partial charge in [-0.25, -0.2) is 4.39 Å². The lowest BCUT2D eigenvalue weighted by Crippen LogP contribution is -2.43. The number of hydrogen-bond donors (Lipinski definition) is 1. The number of nitrogens with zero attached hydrogens (tertiary/aromatic N) is 1. The van der Waals surface area contributed by atoms with Gasteiger partial charge in [-0.3, -0.25) is 0 Å². The molecule has 1 aromatic carbocycles. The highest BCUT2D eigenvalue weighted by Gasteiger charge is 2.27. The molecule has 0 aliphatic carbocycles. The molecule has 0 saturated carbocycles. The predicted molar refractivity (Wildman–Crippen MR) is 69.0 cm³/mol. The Morgan fingerprint density at radius 3 is 2.57 bits per heavy atom. The summed E-state index contributed by atoms with van der Waals surface area (Å²) >= 11 is 0. The lowest BCUT2D eigenvalue weighted by molar-refractivity contribution is -0.186. The summed E-state index contributed by atoms with van der Waals surface area (Å²) < 4.78 is 58.8. The van der Waals surface area contributed by atoms with E-state index in [2.05, 4.69) is 10.1 Å². The van der Waals surface area contributed by atoms with Crippen LogP contribution in [-0.4, -0.2) is 45.8 Å². The minimum absolute atomic E-state index is 0.306. The molecule has 1 aromatic rings. The van der Waals surface area contributed by atoms with Crippen LogP contribution in [0.4, 0.5) is 23.2 Å². The number of halogens is 4. The molecule has 1 aliphatic heterocycles. The second kappa shape index (κ2) is 6.95. The van der Waals surface area contributed by atoms with E-state index in [1.165, 1.54) is 18.2 Å². The first-order valence-corrected chi connectivity index (χ1v) is 6.48. The number of rotatable bonds is 5. The maximum Gasteiger partial charge on any atom is 0.411 e. The second-order valence-corrected chi connectivity index (χ2v) is 4.57. The Morgan fingerprint density at radius 1 is 1.19 bits per heavy atom. The van der Waals surface area contributed by atoms with Crippen LogP contribution < -0.4 is 15.0 Å². The standard InChI is InChI=1S/C13H16F4N2O2/c14-10-1-2-12(21-9-20-8-13(15,16)17)11(7-10)19-5-3-18-4-6-19/h1-2,7,18H,3-6,8-9H2. The summed E-state index contributed by atoms with van der Waals surface area (Å²) in [5.41, 5.74) is 0.520. The van der Waals surface area contributed by atoms with Crippen LogP contribution in [0.1, 0.15) is 0 Å². The lowest BCUT2D eigenvalue weighted by Gasteiger charge is -2.30. The van der Waals surface area contributed by atoms with Gasteiger partial charge < -0.3 is 19.7 Å². The number of hydrogen-bond acceptors (Lipinski definition) is 4. The number of piperazine rings is 1. The summed E-state index contributed by atoms with van der Waals surface area (Å²) in [5, 5.41) is 3.16. The third kappa shape index (κ3) is 5.05. The van der Waals surface area contributed by atoms with Crippen LogP contribution in [0, 0.1) is 5.82 Å². The van der Waals surface area contributed by atoms with Crippen molar-refractivity contribution < 1.29 is 27.0 Å². The summed E-state index contributed by atoms with van der Waals surface area (Å²) in [7, 11) is 0. The highest BCUT2D eigenvalue weighted by molar-refractivity contribution is 5.59. The van der Waals surface area contributed by atoms with Crippen LogP contribution >= 0.6 is 0 Å². The summed E-state index contributed by atoms with van der Waals surface area (Å²) in [4.78, 5) is 1.92. The average molecular weight is 308 g/mol. The Bertz CT molecular complexity index is 462. The SMILES string of the molecule is Fc1ccc(OCOCC(F)(F)F)c(N2CCNCC2)c1. The van der Waals surface area contributed by atoms with Crippen molar-refractivity contribution in [2.45, 2.75) is 6.18 Å². The van der Waals surface area contributed by atoms with Gasteiger partial charge in [0.25, 0.3) is 0 Å². The first-order chi connectivity index (χ1) is 9.96. The fourth-order valence-electron chi connectivity index (χ4n) is 2.03. The zero-order valence-electron chi connectivity index (χ0n) is 11.3. The van der Waals surface area contributed by atoms with Gasteiger partial charge in [0, 0.05) is 32.2 Å². The number of nitrogens with one attached hydrogen (secondary N) is 1. The van der Waals surface area contributed by atoms with Crippen LogP contribution in [-0.2, 0) is 4.74 Å². The van der Waals surface area contributed by atoms with Crippen LogP contribution in [0.25, 0.3) is 0 Å².